The molecule has 1 unspecified atom stereocenters. The van der Waals surface area contributed by atoms with Crippen LogP contribution in [0.1, 0.15) is 17.3 Å². The molecule has 1 saturated heterocycles. The van der Waals surface area contributed by atoms with E-state index < -0.39 is 0 Å². The van der Waals surface area contributed by atoms with Crippen LogP contribution >= 0.6 is 11.3 Å². The van der Waals surface area contributed by atoms with Gasteiger partial charge in [0, 0.05) is 31.6 Å². The van der Waals surface area contributed by atoms with E-state index >= 15 is 0 Å². The molecule has 4 heteroatoms. The van der Waals surface area contributed by atoms with Gasteiger partial charge in [-0.3, -0.25) is 9.88 Å². The molecule has 0 aliphatic carbocycles. The number of hydrogen-bond donors (Lipinski definition) is 1. The Hall–Kier alpha value is -1.75. The fourth-order valence-corrected chi connectivity index (χ4v) is 3.85. The standard InChI is InChI=1S/C18H19N3S/c1-2-4-16-14(3-1)5-6-17(20-16)18(15-7-12-22-13-15)21-10-8-19-9-11-21/h1-7,12-13,18-19H,8-11H2. The molecule has 1 N–H and O–H groups in total. The van der Waals surface area contributed by atoms with Gasteiger partial charge in [-0.25, -0.2) is 0 Å². The third kappa shape index (κ3) is 2.65. The Morgan fingerprint density at radius 1 is 1.05 bits per heavy atom. The molecule has 4 rings (SSSR count). The molecule has 1 fully saturated rings. The molecule has 1 aliphatic heterocycles. The molecule has 1 atom stereocenters. The van der Waals surface area contributed by atoms with Crippen LogP contribution in [0, 0.1) is 0 Å². The van der Waals surface area contributed by atoms with Gasteiger partial charge in [0.25, 0.3) is 0 Å². The zero-order valence-electron chi connectivity index (χ0n) is 12.4. The molecule has 1 aromatic carbocycles. The number of thiophene rings is 1. The van der Waals surface area contributed by atoms with Crippen LogP contribution in [0.15, 0.2) is 53.2 Å². The lowest BCUT2D eigenvalue weighted by molar-refractivity contribution is 0.196. The van der Waals surface area contributed by atoms with E-state index in [1.807, 2.05) is 0 Å². The second-order valence-corrected chi connectivity index (χ2v) is 6.45. The normalized spacial score (nSPS) is 17.6. The van der Waals surface area contributed by atoms with Crippen LogP contribution in [0.3, 0.4) is 0 Å². The first kappa shape index (κ1) is 13.9. The van der Waals surface area contributed by atoms with E-state index in [1.165, 1.54) is 10.9 Å². The van der Waals surface area contributed by atoms with Gasteiger partial charge in [0.2, 0.25) is 0 Å². The van der Waals surface area contributed by atoms with Crippen LogP contribution in [0.25, 0.3) is 10.9 Å². The van der Waals surface area contributed by atoms with Crippen LogP contribution in [0.4, 0.5) is 0 Å². The molecule has 2 aromatic heterocycles. The summed E-state index contributed by atoms with van der Waals surface area (Å²) in [6, 6.07) is 15.2. The molecule has 0 saturated carbocycles. The number of para-hydroxylation sites is 1. The predicted molar refractivity (Wildman–Crippen MR) is 92.3 cm³/mol. The van der Waals surface area contributed by atoms with Crippen molar-refractivity contribution in [3.05, 3.63) is 64.5 Å². The van der Waals surface area contributed by atoms with Crippen molar-refractivity contribution in [2.24, 2.45) is 0 Å². The molecular formula is C18H19N3S. The zero-order chi connectivity index (χ0) is 14.8. The topological polar surface area (TPSA) is 28.2 Å². The van der Waals surface area contributed by atoms with E-state index in [-0.39, 0.29) is 6.04 Å². The first-order chi connectivity index (χ1) is 10.9. The maximum Gasteiger partial charge on any atom is 0.0785 e. The fraction of sp³-hybridized carbons (Fsp3) is 0.278. The Bertz CT molecular complexity index is 748. The minimum Gasteiger partial charge on any atom is -0.314 e. The average Bonchev–Trinajstić information content (AvgIpc) is 3.10. The van der Waals surface area contributed by atoms with Crippen LogP contribution < -0.4 is 5.32 Å². The molecule has 0 bridgehead atoms. The summed E-state index contributed by atoms with van der Waals surface area (Å²) >= 11 is 1.76. The molecule has 1 aliphatic rings. The summed E-state index contributed by atoms with van der Waals surface area (Å²) in [4.78, 5) is 7.49. The number of piperazine rings is 1. The highest BCUT2D eigenvalue weighted by molar-refractivity contribution is 7.08. The van der Waals surface area contributed by atoms with Crippen molar-refractivity contribution in [3.8, 4) is 0 Å². The van der Waals surface area contributed by atoms with Crippen molar-refractivity contribution in [2.75, 3.05) is 26.2 Å². The number of pyridine rings is 1. The lowest BCUT2D eigenvalue weighted by Crippen LogP contribution is -2.45. The van der Waals surface area contributed by atoms with Crippen molar-refractivity contribution in [1.82, 2.24) is 15.2 Å². The van der Waals surface area contributed by atoms with Gasteiger partial charge >= 0.3 is 0 Å². The molecule has 3 aromatic rings. The number of benzene rings is 1. The van der Waals surface area contributed by atoms with Crippen molar-refractivity contribution in [1.29, 1.82) is 0 Å². The number of hydrogen-bond acceptors (Lipinski definition) is 4. The number of fused-ring (bicyclic) bond motifs is 1. The van der Waals surface area contributed by atoms with Crippen molar-refractivity contribution >= 4 is 22.2 Å². The average molecular weight is 309 g/mol. The quantitative estimate of drug-likeness (QED) is 0.805. The van der Waals surface area contributed by atoms with Crippen LogP contribution in [-0.2, 0) is 0 Å². The highest BCUT2D eigenvalue weighted by atomic mass is 32.1. The second kappa shape index (κ2) is 6.16. The third-order valence-electron chi connectivity index (χ3n) is 4.28. The van der Waals surface area contributed by atoms with Gasteiger partial charge in [0.05, 0.1) is 17.3 Å². The van der Waals surface area contributed by atoms with E-state index in [0.717, 1.165) is 37.4 Å². The molecule has 112 valence electrons. The molecule has 3 heterocycles. The Labute approximate surface area is 134 Å². The summed E-state index contributed by atoms with van der Waals surface area (Å²) < 4.78 is 0. The Balaban J connectivity index is 1.78. The smallest absolute Gasteiger partial charge is 0.0785 e. The van der Waals surface area contributed by atoms with Crippen LogP contribution in [0.5, 0.6) is 0 Å². The maximum atomic E-state index is 4.95. The molecule has 0 radical (unpaired) electrons. The minimum atomic E-state index is 0.262. The number of rotatable bonds is 3. The summed E-state index contributed by atoms with van der Waals surface area (Å²) in [5.74, 6) is 0. The fourth-order valence-electron chi connectivity index (χ4n) is 3.17. The van der Waals surface area contributed by atoms with E-state index in [1.54, 1.807) is 11.3 Å². The molecule has 0 amide bonds. The monoisotopic (exact) mass is 309 g/mol. The van der Waals surface area contributed by atoms with E-state index in [4.69, 9.17) is 4.98 Å². The van der Waals surface area contributed by atoms with E-state index in [2.05, 4.69) is 63.4 Å². The number of nitrogens with one attached hydrogen (secondary N) is 1. The molecule has 22 heavy (non-hydrogen) atoms. The van der Waals surface area contributed by atoms with Crippen molar-refractivity contribution in [3.63, 3.8) is 0 Å². The van der Waals surface area contributed by atoms with Gasteiger partial charge < -0.3 is 5.32 Å². The molecule has 0 spiro atoms. The van der Waals surface area contributed by atoms with Crippen molar-refractivity contribution < 1.29 is 0 Å². The second-order valence-electron chi connectivity index (χ2n) is 5.67. The van der Waals surface area contributed by atoms with E-state index in [9.17, 15) is 0 Å². The predicted octanol–water partition coefficient (Wildman–Crippen LogP) is 3.29. The Kier molecular flexibility index (Phi) is 3.89. The summed E-state index contributed by atoms with van der Waals surface area (Å²) in [6.45, 7) is 4.23. The Morgan fingerprint density at radius 3 is 2.73 bits per heavy atom. The van der Waals surface area contributed by atoms with Crippen molar-refractivity contribution in [2.45, 2.75) is 6.04 Å². The van der Waals surface area contributed by atoms with Gasteiger partial charge in [0.1, 0.15) is 0 Å². The van der Waals surface area contributed by atoms with Gasteiger partial charge in [-0.15, -0.1) is 0 Å². The van der Waals surface area contributed by atoms with Crippen LogP contribution in [0.2, 0.25) is 0 Å². The largest absolute Gasteiger partial charge is 0.314 e. The summed E-state index contributed by atoms with van der Waals surface area (Å²) in [6.07, 6.45) is 0. The zero-order valence-corrected chi connectivity index (χ0v) is 13.2. The summed E-state index contributed by atoms with van der Waals surface area (Å²) in [5.41, 5.74) is 3.59. The SMILES string of the molecule is c1ccc2nc(C(c3ccsc3)N3CCNCC3)ccc2c1. The number of nitrogens with zero attached hydrogens (tertiary/aromatic N) is 2. The lowest BCUT2D eigenvalue weighted by atomic mass is 10.0. The summed E-state index contributed by atoms with van der Waals surface area (Å²) in [5, 5.41) is 9.05. The third-order valence-corrected chi connectivity index (χ3v) is 4.98. The number of aromatic nitrogens is 1. The van der Waals surface area contributed by atoms with Crippen LogP contribution in [-0.4, -0.2) is 36.1 Å². The van der Waals surface area contributed by atoms with Gasteiger partial charge in [-0.2, -0.15) is 11.3 Å². The highest BCUT2D eigenvalue weighted by Crippen LogP contribution is 2.30. The van der Waals surface area contributed by atoms with Gasteiger partial charge in [-0.1, -0.05) is 24.3 Å². The Morgan fingerprint density at radius 2 is 1.91 bits per heavy atom. The maximum absolute atomic E-state index is 4.95. The first-order valence-corrected chi connectivity index (χ1v) is 8.69. The summed E-state index contributed by atoms with van der Waals surface area (Å²) in [7, 11) is 0. The first-order valence-electron chi connectivity index (χ1n) is 7.74. The van der Waals surface area contributed by atoms with Gasteiger partial charge in [0.15, 0.2) is 0 Å². The molecular weight excluding hydrogens is 290 g/mol. The van der Waals surface area contributed by atoms with E-state index in [0.29, 0.717) is 0 Å². The molecule has 3 nitrogen and oxygen atoms in total. The minimum absolute atomic E-state index is 0.262. The highest BCUT2D eigenvalue weighted by Gasteiger charge is 2.25. The van der Waals surface area contributed by atoms with Gasteiger partial charge in [-0.05, 0) is 34.5 Å². The lowest BCUT2D eigenvalue weighted by Gasteiger charge is -2.34.